The van der Waals surface area contributed by atoms with Crippen LogP contribution in [-0.2, 0) is 20.4 Å². The smallest absolute Gasteiger partial charge is 0 e. The van der Waals surface area contributed by atoms with Crippen molar-refractivity contribution in [2.45, 2.75) is 0 Å². The van der Waals surface area contributed by atoms with E-state index < -0.39 is 0 Å². The van der Waals surface area contributed by atoms with Gasteiger partial charge in [0.2, 0.25) is 0 Å². The summed E-state index contributed by atoms with van der Waals surface area (Å²) in [5.41, 5.74) is 0. The van der Waals surface area contributed by atoms with Crippen LogP contribution in [0.2, 0.25) is 0 Å². The van der Waals surface area contributed by atoms with Crippen molar-refractivity contribution in [3.8, 4) is 0 Å². The van der Waals surface area contributed by atoms with Crippen molar-refractivity contribution in [3.05, 3.63) is 17.5 Å². The van der Waals surface area contributed by atoms with Crippen LogP contribution in [-0.4, -0.2) is 0 Å². The van der Waals surface area contributed by atoms with E-state index in [1.807, 2.05) is 0 Å². The minimum Gasteiger partial charge on any atom is -0.243 e. The van der Waals surface area contributed by atoms with E-state index in [1.54, 1.807) is 0 Å². The summed E-state index contributed by atoms with van der Waals surface area (Å²) >= 11 is 10.1. The van der Waals surface area contributed by atoms with Gasteiger partial charge in [-0.2, -0.15) is 23.2 Å². The third kappa shape index (κ3) is 8.85. The molecule has 0 saturated carbocycles. The first-order valence-electron chi connectivity index (χ1n) is 1.07. The van der Waals surface area contributed by atoms with Gasteiger partial charge in [0.25, 0.3) is 0 Å². The van der Waals surface area contributed by atoms with Gasteiger partial charge in [0.05, 0.1) is 0 Å². The normalized spacial score (nSPS) is 5.67. The summed E-state index contributed by atoms with van der Waals surface area (Å²) in [6, 6.07) is 0. The van der Waals surface area contributed by atoms with Crippen molar-refractivity contribution < 1.29 is 20.4 Å². The number of hydrogen-bond acceptors (Lipinski definition) is 0. The van der Waals surface area contributed by atoms with Gasteiger partial charge in [0.1, 0.15) is 0 Å². The maximum atomic E-state index is 5.03. The molecule has 0 radical (unpaired) electrons. The van der Waals surface area contributed by atoms with Gasteiger partial charge in [-0.1, -0.05) is 0 Å². The maximum absolute atomic E-state index is 5.03. The van der Waals surface area contributed by atoms with Gasteiger partial charge in [0.15, 0.2) is 0 Å². The fourth-order valence-corrected chi connectivity index (χ4v) is 0. The van der Waals surface area contributed by atoms with Crippen LogP contribution in [0.15, 0.2) is 10.6 Å². The SMILES string of the molecule is [CH2-]C=C(Cl)Cl.[Pd]. The fraction of sp³-hybridized carbons (Fsp3) is 0. The monoisotopic (exact) mass is 215 g/mol. The van der Waals surface area contributed by atoms with E-state index in [4.69, 9.17) is 23.2 Å². The zero-order chi connectivity index (χ0) is 4.28. The minimum atomic E-state index is 0. The Labute approximate surface area is 61.2 Å². The van der Waals surface area contributed by atoms with E-state index >= 15 is 0 Å². The maximum Gasteiger partial charge on any atom is 0 e. The average molecular weight is 216 g/mol. The van der Waals surface area contributed by atoms with Gasteiger partial charge < -0.3 is 0 Å². The first-order chi connectivity index (χ1) is 2.27. The number of allylic oxidation sites excluding steroid dienone is 1. The largest absolute Gasteiger partial charge is 0.243 e. The number of rotatable bonds is 0. The molecule has 0 aliphatic heterocycles. The first-order valence-corrected chi connectivity index (χ1v) is 1.83. The predicted molar refractivity (Wildman–Crippen MR) is 25.1 cm³/mol. The predicted octanol–water partition coefficient (Wildman–Crippen LogP) is 2.14. The fourth-order valence-electron chi connectivity index (χ4n) is 0. The molecule has 0 unspecified atom stereocenters. The molecule has 0 amide bonds. The third-order valence-corrected chi connectivity index (χ3v) is 0.463. The van der Waals surface area contributed by atoms with Crippen LogP contribution in [0, 0.1) is 6.92 Å². The van der Waals surface area contributed by atoms with Gasteiger partial charge >= 0.3 is 0 Å². The molecule has 0 aromatic carbocycles. The summed E-state index contributed by atoms with van der Waals surface area (Å²) in [6.07, 6.45) is 1.36. The van der Waals surface area contributed by atoms with E-state index in [-0.39, 0.29) is 24.9 Å². The Morgan fingerprint density at radius 2 is 1.67 bits per heavy atom. The Bertz CT molecular complexity index is 46.8. The summed E-state index contributed by atoms with van der Waals surface area (Å²) in [7, 11) is 0. The molecule has 0 atom stereocenters. The van der Waals surface area contributed by atoms with Gasteiger partial charge in [-0.15, -0.1) is 0 Å². The Balaban J connectivity index is 0. The standard InChI is InChI=1S/C3H3Cl2.Pd/c1-2-3(4)5;/h2H,1H2;/q-1;. The molecule has 6 heavy (non-hydrogen) atoms. The molecule has 0 fully saturated rings. The van der Waals surface area contributed by atoms with Crippen molar-refractivity contribution in [2.24, 2.45) is 0 Å². The Morgan fingerprint density at radius 3 is 1.67 bits per heavy atom. The molecule has 0 aromatic rings. The number of hydrogen-bond donors (Lipinski definition) is 0. The number of halogens is 2. The van der Waals surface area contributed by atoms with E-state index in [1.165, 1.54) is 6.08 Å². The van der Waals surface area contributed by atoms with E-state index in [2.05, 4.69) is 6.92 Å². The summed E-state index contributed by atoms with van der Waals surface area (Å²) < 4.78 is 0.213. The second kappa shape index (κ2) is 5.85. The molecule has 0 aromatic heterocycles. The van der Waals surface area contributed by atoms with E-state index in [9.17, 15) is 0 Å². The van der Waals surface area contributed by atoms with Crippen molar-refractivity contribution >= 4 is 23.2 Å². The molecule has 0 rings (SSSR count). The van der Waals surface area contributed by atoms with Crippen LogP contribution >= 0.6 is 23.2 Å². The van der Waals surface area contributed by atoms with Gasteiger partial charge in [0, 0.05) is 20.4 Å². The van der Waals surface area contributed by atoms with Gasteiger partial charge in [-0.3, -0.25) is 0 Å². The summed E-state index contributed by atoms with van der Waals surface area (Å²) in [5.74, 6) is 0. The first kappa shape index (κ1) is 9.97. The molecule has 40 valence electrons. The van der Waals surface area contributed by atoms with Crippen molar-refractivity contribution in [1.82, 2.24) is 0 Å². The zero-order valence-electron chi connectivity index (χ0n) is 2.86. The van der Waals surface area contributed by atoms with E-state index in [0.29, 0.717) is 0 Å². The van der Waals surface area contributed by atoms with Crippen LogP contribution in [0.5, 0.6) is 0 Å². The van der Waals surface area contributed by atoms with Crippen LogP contribution < -0.4 is 0 Å². The van der Waals surface area contributed by atoms with E-state index in [0.717, 1.165) is 0 Å². The molecular formula is C3H3Cl2Pd-. The van der Waals surface area contributed by atoms with Crippen LogP contribution in [0.4, 0.5) is 0 Å². The summed E-state index contributed by atoms with van der Waals surface area (Å²) in [5, 5.41) is 0. The molecule has 0 nitrogen and oxygen atoms in total. The van der Waals surface area contributed by atoms with Crippen molar-refractivity contribution in [1.29, 1.82) is 0 Å². The van der Waals surface area contributed by atoms with Gasteiger partial charge in [-0.25, -0.2) is 13.0 Å². The second-order valence-corrected chi connectivity index (χ2v) is 1.50. The zero-order valence-corrected chi connectivity index (χ0v) is 5.92. The molecule has 0 N–H and O–H groups in total. The summed E-state index contributed by atoms with van der Waals surface area (Å²) in [6.45, 7) is 3.26. The molecule has 0 saturated heterocycles. The van der Waals surface area contributed by atoms with Crippen LogP contribution in [0.1, 0.15) is 0 Å². The minimum absolute atomic E-state index is 0. The topological polar surface area (TPSA) is 0 Å². The van der Waals surface area contributed by atoms with Gasteiger partial charge in [-0.05, 0) is 4.49 Å². The quantitative estimate of drug-likeness (QED) is 0.430. The molecule has 0 spiro atoms. The van der Waals surface area contributed by atoms with Crippen LogP contribution in [0.3, 0.4) is 0 Å². The molecular weight excluding hydrogens is 213 g/mol. The Morgan fingerprint density at radius 1 is 1.50 bits per heavy atom. The van der Waals surface area contributed by atoms with Crippen LogP contribution in [0.25, 0.3) is 0 Å². The molecule has 0 bridgehead atoms. The third-order valence-electron chi connectivity index (χ3n) is 0.154. The van der Waals surface area contributed by atoms with Crippen molar-refractivity contribution in [2.75, 3.05) is 0 Å². The molecule has 0 aliphatic carbocycles. The molecule has 0 heterocycles. The molecule has 0 aliphatic rings. The Hall–Kier alpha value is 0.852. The second-order valence-electron chi connectivity index (χ2n) is 0.494. The molecule has 3 heteroatoms. The average Bonchev–Trinajstić information content (AvgIpc) is 1.38. The Kier molecular flexibility index (Phi) is 9.72. The summed E-state index contributed by atoms with van der Waals surface area (Å²) in [4.78, 5) is 0. The van der Waals surface area contributed by atoms with Crippen molar-refractivity contribution in [3.63, 3.8) is 0 Å².